The summed E-state index contributed by atoms with van der Waals surface area (Å²) in [4.78, 5) is 16.3. The van der Waals surface area contributed by atoms with Gasteiger partial charge in [0, 0.05) is 17.2 Å². The van der Waals surface area contributed by atoms with Crippen LogP contribution in [-0.2, 0) is 0 Å². The smallest absolute Gasteiger partial charge is 0.152 e. The number of pyridine rings is 1. The van der Waals surface area contributed by atoms with Crippen molar-refractivity contribution in [1.29, 1.82) is 0 Å². The van der Waals surface area contributed by atoms with E-state index in [2.05, 4.69) is 0 Å². The molecule has 0 spiro atoms. The fourth-order valence-corrected chi connectivity index (χ4v) is 2.62. The number of benzene rings is 1. The summed E-state index contributed by atoms with van der Waals surface area (Å²) in [6.45, 7) is 4.08. The van der Waals surface area contributed by atoms with Crippen LogP contribution in [0.4, 0.5) is 4.39 Å². The highest BCUT2D eigenvalue weighted by Gasteiger charge is 2.27. The van der Waals surface area contributed by atoms with Crippen LogP contribution in [0.1, 0.15) is 60.3 Å². The van der Waals surface area contributed by atoms with Crippen molar-refractivity contribution in [3.63, 3.8) is 0 Å². The van der Waals surface area contributed by atoms with Gasteiger partial charge in [0.2, 0.25) is 0 Å². The molecular weight excluding hydrogens is 265 g/mol. The van der Waals surface area contributed by atoms with Crippen LogP contribution < -0.4 is 0 Å². The predicted octanol–water partition coefficient (Wildman–Crippen LogP) is 4.70. The molecule has 0 unspecified atom stereocenters. The minimum Gasteiger partial charge on any atom is -0.298 e. The Morgan fingerprint density at radius 3 is 2.43 bits per heavy atom. The number of rotatable bonds is 4. The first-order valence-corrected chi connectivity index (χ1v) is 7.36. The minimum absolute atomic E-state index is 0.183. The molecule has 3 rings (SSSR count). The molecule has 0 saturated heterocycles. The van der Waals surface area contributed by atoms with Crippen molar-refractivity contribution in [2.75, 3.05) is 0 Å². The van der Waals surface area contributed by atoms with Crippen molar-refractivity contribution in [2.24, 2.45) is 0 Å². The number of halogens is 1. The van der Waals surface area contributed by atoms with E-state index >= 15 is 0 Å². The Morgan fingerprint density at radius 1 is 1.24 bits per heavy atom. The van der Waals surface area contributed by atoms with E-state index in [1.54, 1.807) is 12.1 Å². The second kappa shape index (κ2) is 5.40. The monoisotopic (exact) mass is 283 g/mol. The fourth-order valence-electron chi connectivity index (χ4n) is 2.62. The summed E-state index contributed by atoms with van der Waals surface area (Å²) in [6.07, 6.45) is 3.19. The van der Waals surface area contributed by atoms with Gasteiger partial charge < -0.3 is 0 Å². The number of aromatic nitrogens is 1. The molecule has 1 saturated carbocycles. The summed E-state index contributed by atoms with van der Waals surface area (Å²) in [7, 11) is 0. The van der Waals surface area contributed by atoms with Crippen LogP contribution in [0.15, 0.2) is 30.3 Å². The van der Waals surface area contributed by atoms with Gasteiger partial charge in [-0.3, -0.25) is 9.78 Å². The third-order valence-electron chi connectivity index (χ3n) is 3.92. The lowest BCUT2D eigenvalue weighted by atomic mass is 9.94. The molecule has 1 aromatic heterocycles. The van der Waals surface area contributed by atoms with Gasteiger partial charge in [0.15, 0.2) is 6.29 Å². The molecule has 0 bridgehead atoms. The number of carbonyl (C=O) groups is 1. The molecule has 2 nitrogen and oxygen atoms in total. The first kappa shape index (κ1) is 13.9. The molecule has 21 heavy (non-hydrogen) atoms. The van der Waals surface area contributed by atoms with Gasteiger partial charge >= 0.3 is 0 Å². The Bertz CT molecular complexity index is 672. The summed E-state index contributed by atoms with van der Waals surface area (Å²) in [5.74, 6) is 0.428. The molecule has 0 N–H and O–H groups in total. The van der Waals surface area contributed by atoms with Crippen LogP contribution in [0, 0.1) is 5.82 Å². The van der Waals surface area contributed by atoms with E-state index in [9.17, 15) is 9.18 Å². The van der Waals surface area contributed by atoms with Gasteiger partial charge in [0.25, 0.3) is 0 Å². The van der Waals surface area contributed by atoms with Gasteiger partial charge in [-0.05, 0) is 48.1 Å². The molecule has 0 atom stereocenters. The molecular formula is C18H18FNO. The molecule has 108 valence electrons. The zero-order valence-electron chi connectivity index (χ0n) is 12.3. The first-order chi connectivity index (χ1) is 10.1. The molecule has 1 heterocycles. The zero-order chi connectivity index (χ0) is 15.0. The molecule has 0 amide bonds. The lowest BCUT2D eigenvalue weighted by Gasteiger charge is -2.15. The van der Waals surface area contributed by atoms with E-state index in [4.69, 9.17) is 4.98 Å². The molecule has 1 fully saturated rings. The molecule has 3 heteroatoms. The van der Waals surface area contributed by atoms with Crippen LogP contribution >= 0.6 is 0 Å². The second-order valence-corrected chi connectivity index (χ2v) is 5.95. The van der Waals surface area contributed by atoms with E-state index in [-0.39, 0.29) is 11.7 Å². The molecule has 1 aliphatic rings. The summed E-state index contributed by atoms with van der Waals surface area (Å²) in [5.41, 5.74) is 4.26. The van der Waals surface area contributed by atoms with E-state index in [0.717, 1.165) is 41.6 Å². The first-order valence-electron chi connectivity index (χ1n) is 7.36. The van der Waals surface area contributed by atoms with Crippen molar-refractivity contribution in [1.82, 2.24) is 4.98 Å². The van der Waals surface area contributed by atoms with Crippen LogP contribution in [0.5, 0.6) is 0 Å². The maximum Gasteiger partial charge on any atom is 0.152 e. The zero-order valence-corrected chi connectivity index (χ0v) is 12.3. The Balaban J connectivity index is 2.20. The SMILES string of the molecule is CC(C)c1nc(C2CC2)cc(-c2ccc(F)cc2)c1C=O. The number of hydrogen-bond acceptors (Lipinski definition) is 2. The van der Waals surface area contributed by atoms with Gasteiger partial charge in [-0.1, -0.05) is 26.0 Å². The van der Waals surface area contributed by atoms with Crippen molar-refractivity contribution >= 4 is 6.29 Å². The number of nitrogens with zero attached hydrogens (tertiary/aromatic N) is 1. The average Bonchev–Trinajstić information content (AvgIpc) is 3.31. The summed E-state index contributed by atoms with van der Waals surface area (Å²) < 4.78 is 13.1. The summed E-state index contributed by atoms with van der Waals surface area (Å²) in [5, 5.41) is 0. The highest BCUT2D eigenvalue weighted by atomic mass is 19.1. The van der Waals surface area contributed by atoms with Gasteiger partial charge in [-0.25, -0.2) is 4.39 Å². The number of carbonyl (C=O) groups excluding carboxylic acids is 1. The number of aldehydes is 1. The quantitative estimate of drug-likeness (QED) is 0.761. The molecule has 0 radical (unpaired) electrons. The highest BCUT2D eigenvalue weighted by Crippen LogP contribution is 2.41. The van der Waals surface area contributed by atoms with Crippen LogP contribution in [0.3, 0.4) is 0 Å². The normalized spacial score (nSPS) is 14.5. The lowest BCUT2D eigenvalue weighted by Crippen LogP contribution is -2.05. The third-order valence-corrected chi connectivity index (χ3v) is 3.92. The van der Waals surface area contributed by atoms with Crippen molar-refractivity contribution < 1.29 is 9.18 Å². The number of hydrogen-bond donors (Lipinski definition) is 0. The van der Waals surface area contributed by atoms with E-state index in [1.165, 1.54) is 12.1 Å². The van der Waals surface area contributed by atoms with E-state index < -0.39 is 0 Å². The minimum atomic E-state index is -0.271. The van der Waals surface area contributed by atoms with Crippen molar-refractivity contribution in [3.05, 3.63) is 53.1 Å². The standard InChI is InChI=1S/C18H18FNO/c1-11(2)18-16(10-21)15(9-17(20-18)13-3-4-13)12-5-7-14(19)8-6-12/h5-11,13H,3-4H2,1-2H3. The third kappa shape index (κ3) is 2.73. The van der Waals surface area contributed by atoms with Crippen molar-refractivity contribution in [2.45, 2.75) is 38.5 Å². The Labute approximate surface area is 124 Å². The van der Waals surface area contributed by atoms with Crippen molar-refractivity contribution in [3.8, 4) is 11.1 Å². The Kier molecular flexibility index (Phi) is 3.58. The van der Waals surface area contributed by atoms with Gasteiger partial charge in [-0.2, -0.15) is 0 Å². The topological polar surface area (TPSA) is 30.0 Å². The Morgan fingerprint density at radius 2 is 1.90 bits per heavy atom. The summed E-state index contributed by atoms with van der Waals surface area (Å²) in [6, 6.07) is 8.30. The van der Waals surface area contributed by atoms with Gasteiger partial charge in [0.05, 0.1) is 5.69 Å². The van der Waals surface area contributed by atoms with E-state index in [0.29, 0.717) is 11.5 Å². The second-order valence-electron chi connectivity index (χ2n) is 5.95. The average molecular weight is 283 g/mol. The fraction of sp³-hybridized carbons (Fsp3) is 0.333. The lowest BCUT2D eigenvalue weighted by molar-refractivity contribution is 0.112. The van der Waals surface area contributed by atoms with Crippen LogP contribution in [0.2, 0.25) is 0 Å². The van der Waals surface area contributed by atoms with Crippen LogP contribution in [0.25, 0.3) is 11.1 Å². The maximum atomic E-state index is 13.1. The summed E-state index contributed by atoms with van der Waals surface area (Å²) >= 11 is 0. The molecule has 0 aliphatic heterocycles. The maximum absolute atomic E-state index is 13.1. The molecule has 1 aromatic carbocycles. The predicted molar refractivity (Wildman–Crippen MR) is 81.1 cm³/mol. The largest absolute Gasteiger partial charge is 0.298 e. The molecule has 2 aromatic rings. The van der Waals surface area contributed by atoms with Gasteiger partial charge in [-0.15, -0.1) is 0 Å². The van der Waals surface area contributed by atoms with Crippen LogP contribution in [-0.4, -0.2) is 11.3 Å². The highest BCUT2D eigenvalue weighted by molar-refractivity contribution is 5.89. The Hall–Kier alpha value is -2.03. The van der Waals surface area contributed by atoms with E-state index in [1.807, 2.05) is 19.9 Å². The molecule has 1 aliphatic carbocycles. The van der Waals surface area contributed by atoms with Gasteiger partial charge in [0.1, 0.15) is 5.82 Å².